The van der Waals surface area contributed by atoms with E-state index in [4.69, 9.17) is 10.5 Å². The van der Waals surface area contributed by atoms with Crippen LogP contribution < -0.4 is 21.1 Å². The summed E-state index contributed by atoms with van der Waals surface area (Å²) in [6.45, 7) is 5.89. The summed E-state index contributed by atoms with van der Waals surface area (Å²) in [5.41, 5.74) is 8.32. The lowest BCUT2D eigenvalue weighted by molar-refractivity contribution is -0.112. The van der Waals surface area contributed by atoms with Crippen LogP contribution in [0.3, 0.4) is 0 Å². The van der Waals surface area contributed by atoms with Crippen LogP contribution >= 0.6 is 0 Å². The van der Waals surface area contributed by atoms with Gasteiger partial charge in [-0.1, -0.05) is 51.1 Å². The normalized spacial score (nSPS) is 11.2. The molecule has 0 radical (unpaired) electrons. The predicted octanol–water partition coefficient (Wildman–Crippen LogP) is 5.17. The number of nitrogens with zero attached hydrogens (tertiary/aromatic N) is 1. The van der Waals surface area contributed by atoms with E-state index < -0.39 is 17.6 Å². The molecule has 0 atom stereocenters. The number of primary amides is 1. The van der Waals surface area contributed by atoms with Crippen molar-refractivity contribution in [2.75, 3.05) is 24.8 Å². The third-order valence-electron chi connectivity index (χ3n) is 6.38. The van der Waals surface area contributed by atoms with Crippen molar-refractivity contribution < 1.29 is 19.1 Å². The Morgan fingerprint density at radius 1 is 0.921 bits per heavy atom. The molecule has 0 aliphatic rings. The van der Waals surface area contributed by atoms with E-state index in [-0.39, 0.29) is 28.0 Å². The lowest BCUT2D eigenvalue weighted by Gasteiger charge is -2.23. The number of carbonyl (C=O) groups is 3. The molecule has 4 N–H and O–H groups in total. The van der Waals surface area contributed by atoms with Crippen molar-refractivity contribution in [3.8, 4) is 16.9 Å². The van der Waals surface area contributed by atoms with Crippen LogP contribution in [0.15, 0.2) is 66.9 Å². The maximum Gasteiger partial charge on any atom is 0.296 e. The molecule has 8 heteroatoms. The van der Waals surface area contributed by atoms with Gasteiger partial charge in [-0.2, -0.15) is 0 Å². The molecule has 4 aromatic rings. The SMILES string of the molecule is CNc1ccc(-c2ccc(C(=O)C(=O)Nc3cc(C(C)(C)C)cc(C(N)=O)c3OC)c3ccccc23)cn1. The number of ketones is 1. The molecular formula is C30H30N4O4. The first-order valence-corrected chi connectivity index (χ1v) is 12.1. The Bertz CT molecular complexity index is 1550. The second-order valence-electron chi connectivity index (χ2n) is 9.89. The zero-order valence-electron chi connectivity index (χ0n) is 22.0. The van der Waals surface area contributed by atoms with E-state index in [1.54, 1.807) is 37.5 Å². The zero-order valence-corrected chi connectivity index (χ0v) is 22.0. The molecule has 0 aliphatic carbocycles. The number of carbonyl (C=O) groups excluding carboxylic acids is 3. The summed E-state index contributed by atoms with van der Waals surface area (Å²) in [7, 11) is 3.17. The lowest BCUT2D eigenvalue weighted by atomic mass is 9.85. The number of methoxy groups -OCH3 is 1. The maximum atomic E-state index is 13.4. The van der Waals surface area contributed by atoms with Crippen molar-refractivity contribution in [1.29, 1.82) is 0 Å². The second-order valence-corrected chi connectivity index (χ2v) is 9.89. The topological polar surface area (TPSA) is 123 Å². The van der Waals surface area contributed by atoms with Gasteiger partial charge in [0, 0.05) is 24.4 Å². The molecule has 1 aromatic heterocycles. The van der Waals surface area contributed by atoms with Gasteiger partial charge in [-0.15, -0.1) is 0 Å². The molecule has 1 heterocycles. The van der Waals surface area contributed by atoms with Crippen molar-refractivity contribution in [3.05, 3.63) is 83.6 Å². The first-order chi connectivity index (χ1) is 18.0. The molecule has 194 valence electrons. The predicted molar refractivity (Wildman–Crippen MR) is 150 cm³/mol. The number of benzene rings is 3. The molecule has 4 rings (SSSR count). The van der Waals surface area contributed by atoms with E-state index in [2.05, 4.69) is 15.6 Å². The van der Waals surface area contributed by atoms with Gasteiger partial charge in [-0.25, -0.2) is 4.98 Å². The number of hydrogen-bond donors (Lipinski definition) is 3. The van der Waals surface area contributed by atoms with E-state index in [1.165, 1.54) is 7.11 Å². The zero-order chi connectivity index (χ0) is 27.6. The van der Waals surface area contributed by atoms with Gasteiger partial charge in [0.1, 0.15) is 5.82 Å². The van der Waals surface area contributed by atoms with Gasteiger partial charge in [-0.3, -0.25) is 14.4 Å². The molecule has 0 fully saturated rings. The number of ether oxygens (including phenoxy) is 1. The van der Waals surface area contributed by atoms with Gasteiger partial charge < -0.3 is 21.1 Å². The third kappa shape index (κ3) is 5.06. The standard InChI is InChI=1S/C30H30N4O4/c1-30(2,3)18-14-23(28(31)36)27(38-5)24(15-18)34-29(37)26(35)22-12-11-19(20-8-6-7-9-21(20)22)17-10-13-25(32-4)33-16-17/h6-16H,1-5H3,(H2,31,36)(H,32,33)(H,34,37). The average molecular weight is 511 g/mol. The smallest absolute Gasteiger partial charge is 0.296 e. The monoisotopic (exact) mass is 510 g/mol. The minimum Gasteiger partial charge on any atom is -0.494 e. The number of amides is 2. The molecule has 0 saturated carbocycles. The molecule has 3 aromatic carbocycles. The molecule has 0 saturated heterocycles. The summed E-state index contributed by atoms with van der Waals surface area (Å²) < 4.78 is 5.41. The first-order valence-electron chi connectivity index (χ1n) is 12.1. The van der Waals surface area contributed by atoms with Crippen molar-refractivity contribution >= 4 is 39.9 Å². The highest BCUT2D eigenvalue weighted by Gasteiger charge is 2.26. The van der Waals surface area contributed by atoms with Gasteiger partial charge in [0.15, 0.2) is 5.75 Å². The maximum absolute atomic E-state index is 13.4. The van der Waals surface area contributed by atoms with Crippen LogP contribution in [-0.2, 0) is 10.2 Å². The Morgan fingerprint density at radius 2 is 1.63 bits per heavy atom. The molecule has 0 bridgehead atoms. The first kappa shape index (κ1) is 26.3. The lowest BCUT2D eigenvalue weighted by Crippen LogP contribution is -2.25. The molecule has 0 aliphatic heterocycles. The van der Waals surface area contributed by atoms with Gasteiger partial charge >= 0.3 is 0 Å². The Hall–Kier alpha value is -4.72. The van der Waals surface area contributed by atoms with Crippen LogP contribution in [0.1, 0.15) is 47.1 Å². The number of anilines is 2. The number of fused-ring (bicyclic) bond motifs is 1. The molecule has 38 heavy (non-hydrogen) atoms. The number of hydrogen-bond acceptors (Lipinski definition) is 6. The minimum atomic E-state index is -0.859. The fourth-order valence-electron chi connectivity index (χ4n) is 4.31. The van der Waals surface area contributed by atoms with Crippen molar-refractivity contribution in [2.45, 2.75) is 26.2 Å². The number of nitrogens with two attached hydrogens (primary N) is 1. The summed E-state index contributed by atoms with van der Waals surface area (Å²) in [4.78, 5) is 43.2. The molecule has 2 amide bonds. The highest BCUT2D eigenvalue weighted by atomic mass is 16.5. The largest absolute Gasteiger partial charge is 0.494 e. The molecule has 8 nitrogen and oxygen atoms in total. The van der Waals surface area contributed by atoms with Crippen LogP contribution in [0.4, 0.5) is 11.5 Å². The van der Waals surface area contributed by atoms with Crippen molar-refractivity contribution in [3.63, 3.8) is 0 Å². The minimum absolute atomic E-state index is 0.101. The van der Waals surface area contributed by atoms with E-state index in [9.17, 15) is 14.4 Å². The van der Waals surface area contributed by atoms with Crippen LogP contribution in [0.25, 0.3) is 21.9 Å². The van der Waals surface area contributed by atoms with Gasteiger partial charge in [0.05, 0.1) is 18.4 Å². The summed E-state index contributed by atoms with van der Waals surface area (Å²) in [6.07, 6.45) is 1.76. The summed E-state index contributed by atoms with van der Waals surface area (Å²) in [6, 6.07) is 18.0. The Balaban J connectivity index is 1.75. The fraction of sp³-hybridized carbons (Fsp3) is 0.200. The Kier molecular flexibility index (Phi) is 7.17. The van der Waals surface area contributed by atoms with Crippen LogP contribution in [0, 0.1) is 0 Å². The summed E-state index contributed by atoms with van der Waals surface area (Å²) >= 11 is 0. The highest BCUT2D eigenvalue weighted by molar-refractivity contribution is 6.48. The van der Waals surface area contributed by atoms with Gasteiger partial charge in [0.25, 0.3) is 17.6 Å². The summed E-state index contributed by atoms with van der Waals surface area (Å²) in [5, 5.41) is 7.10. The average Bonchev–Trinajstić information content (AvgIpc) is 2.91. The summed E-state index contributed by atoms with van der Waals surface area (Å²) in [5.74, 6) is -1.44. The van der Waals surface area contributed by atoms with E-state index in [0.29, 0.717) is 5.39 Å². The number of nitrogens with one attached hydrogen (secondary N) is 2. The van der Waals surface area contributed by atoms with E-state index in [1.807, 2.05) is 57.2 Å². The number of aromatic nitrogens is 1. The quantitative estimate of drug-likeness (QED) is 0.233. The van der Waals surface area contributed by atoms with Crippen molar-refractivity contribution in [2.24, 2.45) is 5.73 Å². The number of rotatable bonds is 7. The van der Waals surface area contributed by atoms with E-state index >= 15 is 0 Å². The van der Waals surface area contributed by atoms with Gasteiger partial charge in [0.2, 0.25) is 0 Å². The molecule has 0 unspecified atom stereocenters. The third-order valence-corrected chi connectivity index (χ3v) is 6.38. The Labute approximate surface area is 221 Å². The second kappa shape index (κ2) is 10.3. The van der Waals surface area contributed by atoms with E-state index in [0.717, 1.165) is 27.9 Å². The fourth-order valence-corrected chi connectivity index (χ4v) is 4.31. The number of pyridine rings is 1. The van der Waals surface area contributed by atoms with Crippen LogP contribution in [-0.4, -0.2) is 36.7 Å². The molecule has 0 spiro atoms. The number of Topliss-reactive ketones (excluding diaryl/α,β-unsaturated/α-hetero) is 1. The van der Waals surface area contributed by atoms with Crippen LogP contribution in [0.5, 0.6) is 5.75 Å². The van der Waals surface area contributed by atoms with Gasteiger partial charge in [-0.05, 0) is 57.6 Å². The van der Waals surface area contributed by atoms with Crippen LogP contribution in [0.2, 0.25) is 0 Å². The molecular weight excluding hydrogens is 480 g/mol. The highest BCUT2D eigenvalue weighted by Crippen LogP contribution is 2.36. The Morgan fingerprint density at radius 3 is 2.21 bits per heavy atom. The van der Waals surface area contributed by atoms with Crippen molar-refractivity contribution in [1.82, 2.24) is 4.98 Å².